The van der Waals surface area contributed by atoms with Gasteiger partial charge in [0.25, 0.3) is 0 Å². The topological polar surface area (TPSA) is 108 Å². The van der Waals surface area contributed by atoms with E-state index in [2.05, 4.69) is 15.6 Å². The number of nitrogens with zero attached hydrogens (tertiary/aromatic N) is 1. The zero-order chi connectivity index (χ0) is 18.0. The SMILES string of the molecule is CNC(=O)C1(C(=O)NCc2cccc(-c3nc(C(=O)O)cs3)c2)CC1. The number of amides is 2. The fraction of sp³-hybridized carbons (Fsp3) is 0.294. The highest BCUT2D eigenvalue weighted by atomic mass is 32.1. The zero-order valence-electron chi connectivity index (χ0n) is 13.5. The second-order valence-corrected chi connectivity index (χ2v) is 6.75. The van der Waals surface area contributed by atoms with Gasteiger partial charge in [0.2, 0.25) is 11.8 Å². The molecular weight excluding hydrogens is 342 g/mol. The number of thiazole rings is 1. The molecule has 1 aliphatic rings. The maximum atomic E-state index is 12.3. The van der Waals surface area contributed by atoms with Gasteiger partial charge < -0.3 is 15.7 Å². The Labute approximate surface area is 148 Å². The van der Waals surface area contributed by atoms with Gasteiger partial charge in [-0.2, -0.15) is 0 Å². The van der Waals surface area contributed by atoms with Gasteiger partial charge in [0.15, 0.2) is 5.69 Å². The van der Waals surface area contributed by atoms with Crippen LogP contribution in [-0.2, 0) is 16.1 Å². The van der Waals surface area contributed by atoms with Crippen molar-refractivity contribution in [2.45, 2.75) is 19.4 Å². The number of nitrogens with one attached hydrogen (secondary N) is 2. The van der Waals surface area contributed by atoms with Gasteiger partial charge >= 0.3 is 5.97 Å². The first kappa shape index (κ1) is 17.1. The number of hydrogen-bond donors (Lipinski definition) is 3. The quantitative estimate of drug-likeness (QED) is 0.680. The molecule has 1 aromatic heterocycles. The number of carboxylic acids is 1. The largest absolute Gasteiger partial charge is 0.476 e. The Kier molecular flexibility index (Phi) is 4.54. The van der Waals surface area contributed by atoms with Crippen LogP contribution in [0.3, 0.4) is 0 Å². The molecule has 1 aromatic carbocycles. The van der Waals surface area contributed by atoms with Crippen LogP contribution in [0.4, 0.5) is 0 Å². The second kappa shape index (κ2) is 6.64. The molecule has 8 heteroatoms. The van der Waals surface area contributed by atoms with Gasteiger partial charge in [0.1, 0.15) is 10.4 Å². The Bertz CT molecular complexity index is 842. The third-order valence-electron chi connectivity index (χ3n) is 4.20. The second-order valence-electron chi connectivity index (χ2n) is 5.89. The summed E-state index contributed by atoms with van der Waals surface area (Å²) in [5.74, 6) is -1.57. The van der Waals surface area contributed by atoms with E-state index in [0.717, 1.165) is 11.1 Å². The van der Waals surface area contributed by atoms with Crippen LogP contribution < -0.4 is 10.6 Å². The minimum absolute atomic E-state index is 0.0139. The van der Waals surface area contributed by atoms with Crippen LogP contribution in [0.25, 0.3) is 10.6 Å². The van der Waals surface area contributed by atoms with E-state index in [9.17, 15) is 14.4 Å². The fourth-order valence-electron chi connectivity index (χ4n) is 2.59. The van der Waals surface area contributed by atoms with Crippen LogP contribution in [0, 0.1) is 5.41 Å². The summed E-state index contributed by atoms with van der Waals surface area (Å²) in [6, 6.07) is 7.37. The predicted octanol–water partition coefficient (Wildman–Crippen LogP) is 1.65. The Hall–Kier alpha value is -2.74. The maximum Gasteiger partial charge on any atom is 0.355 e. The summed E-state index contributed by atoms with van der Waals surface area (Å²) < 4.78 is 0. The molecule has 0 aliphatic heterocycles. The van der Waals surface area contributed by atoms with Crippen molar-refractivity contribution in [3.63, 3.8) is 0 Å². The molecule has 0 radical (unpaired) electrons. The monoisotopic (exact) mass is 359 g/mol. The highest BCUT2D eigenvalue weighted by Gasteiger charge is 2.55. The summed E-state index contributed by atoms with van der Waals surface area (Å²) in [6.07, 6.45) is 1.13. The van der Waals surface area contributed by atoms with Gasteiger partial charge in [-0.05, 0) is 24.5 Å². The first-order chi connectivity index (χ1) is 12.0. The smallest absolute Gasteiger partial charge is 0.355 e. The number of carbonyl (C=O) groups is 3. The summed E-state index contributed by atoms with van der Waals surface area (Å²) >= 11 is 1.25. The molecule has 25 heavy (non-hydrogen) atoms. The van der Waals surface area contributed by atoms with E-state index in [4.69, 9.17) is 5.11 Å². The van der Waals surface area contributed by atoms with Crippen molar-refractivity contribution < 1.29 is 19.5 Å². The molecular formula is C17H17N3O4S. The van der Waals surface area contributed by atoms with E-state index in [1.807, 2.05) is 24.3 Å². The molecule has 1 fully saturated rings. The minimum Gasteiger partial charge on any atom is -0.476 e. The van der Waals surface area contributed by atoms with Crippen molar-refractivity contribution in [1.82, 2.24) is 15.6 Å². The molecule has 0 unspecified atom stereocenters. The molecule has 7 nitrogen and oxygen atoms in total. The average Bonchev–Trinajstić information content (AvgIpc) is 3.28. The molecule has 2 aromatic rings. The first-order valence-corrected chi connectivity index (χ1v) is 8.63. The third kappa shape index (κ3) is 3.39. The number of aromatic carboxylic acids is 1. The Morgan fingerprint density at radius 1 is 1.28 bits per heavy atom. The number of benzene rings is 1. The average molecular weight is 359 g/mol. The summed E-state index contributed by atoms with van der Waals surface area (Å²) in [5, 5.41) is 16.4. The molecule has 1 heterocycles. The maximum absolute atomic E-state index is 12.3. The number of carbonyl (C=O) groups excluding carboxylic acids is 2. The lowest BCUT2D eigenvalue weighted by molar-refractivity contribution is -0.137. The van der Waals surface area contributed by atoms with Crippen LogP contribution in [0.5, 0.6) is 0 Å². The normalized spacial score (nSPS) is 14.6. The van der Waals surface area contributed by atoms with Crippen molar-refractivity contribution in [2.24, 2.45) is 5.41 Å². The predicted molar refractivity (Wildman–Crippen MR) is 92.1 cm³/mol. The standard InChI is InChI=1S/C17H17N3O4S/c1-18-15(23)17(5-6-17)16(24)19-8-10-3-2-4-11(7-10)13-20-12(9-25-13)14(21)22/h2-4,7,9H,5-6,8H2,1H3,(H,18,23)(H,19,24)(H,21,22). The van der Waals surface area contributed by atoms with Crippen molar-refractivity contribution >= 4 is 29.1 Å². The highest BCUT2D eigenvalue weighted by Crippen LogP contribution is 2.46. The first-order valence-electron chi connectivity index (χ1n) is 7.75. The van der Waals surface area contributed by atoms with Crippen molar-refractivity contribution in [2.75, 3.05) is 7.05 Å². The van der Waals surface area contributed by atoms with Gasteiger partial charge in [-0.3, -0.25) is 9.59 Å². The van der Waals surface area contributed by atoms with Crippen LogP contribution in [0.2, 0.25) is 0 Å². The van der Waals surface area contributed by atoms with E-state index in [1.165, 1.54) is 23.8 Å². The van der Waals surface area contributed by atoms with E-state index >= 15 is 0 Å². The van der Waals surface area contributed by atoms with Gasteiger partial charge in [-0.15, -0.1) is 11.3 Å². The summed E-state index contributed by atoms with van der Waals surface area (Å²) in [5.41, 5.74) is 0.736. The van der Waals surface area contributed by atoms with Crippen molar-refractivity contribution in [3.05, 3.63) is 40.9 Å². The molecule has 3 N–H and O–H groups in total. The lowest BCUT2D eigenvalue weighted by Gasteiger charge is -2.14. The van der Waals surface area contributed by atoms with E-state index < -0.39 is 11.4 Å². The van der Waals surface area contributed by atoms with Gasteiger partial charge in [0.05, 0.1) is 0 Å². The summed E-state index contributed by atoms with van der Waals surface area (Å²) in [4.78, 5) is 39.1. The lowest BCUT2D eigenvalue weighted by atomic mass is 10.0. The molecule has 0 bridgehead atoms. The van der Waals surface area contributed by atoms with Gasteiger partial charge in [0, 0.05) is 24.5 Å². The number of rotatable bonds is 6. The Morgan fingerprint density at radius 3 is 2.64 bits per heavy atom. The third-order valence-corrected chi connectivity index (χ3v) is 5.09. The Morgan fingerprint density at radius 2 is 2.04 bits per heavy atom. The Balaban J connectivity index is 1.69. The van der Waals surface area contributed by atoms with Crippen molar-refractivity contribution in [1.29, 1.82) is 0 Å². The minimum atomic E-state index is -1.06. The van der Waals surface area contributed by atoms with Crippen LogP contribution in [0.15, 0.2) is 29.6 Å². The van der Waals surface area contributed by atoms with Crippen LogP contribution in [0.1, 0.15) is 28.9 Å². The molecule has 0 atom stereocenters. The van der Waals surface area contributed by atoms with E-state index in [-0.39, 0.29) is 17.5 Å². The van der Waals surface area contributed by atoms with Crippen LogP contribution in [-0.4, -0.2) is 34.9 Å². The molecule has 2 amide bonds. The highest BCUT2D eigenvalue weighted by molar-refractivity contribution is 7.13. The number of carboxylic acid groups (broad SMARTS) is 1. The summed E-state index contributed by atoms with van der Waals surface area (Å²) in [6.45, 7) is 0.294. The van der Waals surface area contributed by atoms with E-state index in [0.29, 0.717) is 24.4 Å². The number of aromatic nitrogens is 1. The van der Waals surface area contributed by atoms with Crippen LogP contribution >= 0.6 is 11.3 Å². The number of hydrogen-bond acceptors (Lipinski definition) is 5. The summed E-state index contributed by atoms with van der Waals surface area (Å²) in [7, 11) is 1.53. The molecule has 3 rings (SSSR count). The molecule has 0 spiro atoms. The molecule has 0 saturated heterocycles. The van der Waals surface area contributed by atoms with Gasteiger partial charge in [-0.25, -0.2) is 9.78 Å². The van der Waals surface area contributed by atoms with Crippen molar-refractivity contribution in [3.8, 4) is 10.6 Å². The molecule has 130 valence electrons. The van der Waals surface area contributed by atoms with E-state index in [1.54, 1.807) is 0 Å². The van der Waals surface area contributed by atoms with Gasteiger partial charge in [-0.1, -0.05) is 18.2 Å². The molecule has 1 saturated carbocycles. The molecule has 1 aliphatic carbocycles. The fourth-order valence-corrected chi connectivity index (χ4v) is 3.38. The zero-order valence-corrected chi connectivity index (χ0v) is 14.4. The lowest BCUT2D eigenvalue weighted by Crippen LogP contribution is -2.41.